The summed E-state index contributed by atoms with van der Waals surface area (Å²) in [5, 5.41) is 0. The van der Waals surface area contributed by atoms with E-state index >= 15 is 0 Å². The summed E-state index contributed by atoms with van der Waals surface area (Å²) in [7, 11) is 1.72. The maximum atomic E-state index is 5.82. The van der Waals surface area contributed by atoms with Gasteiger partial charge in [-0.1, -0.05) is 22.9 Å². The summed E-state index contributed by atoms with van der Waals surface area (Å²) in [6, 6.07) is 4.34. The number of ether oxygens (including phenoxy) is 1. The molecule has 0 spiro atoms. The minimum absolute atomic E-state index is 0.151. The van der Waals surface area contributed by atoms with Gasteiger partial charge >= 0.3 is 0 Å². The van der Waals surface area contributed by atoms with Gasteiger partial charge in [-0.05, 0) is 43.0 Å². The molecule has 0 radical (unpaired) electrons. The van der Waals surface area contributed by atoms with Crippen LogP contribution in [-0.2, 0) is 12.8 Å². The first-order chi connectivity index (χ1) is 7.08. The number of nitrogens with two attached hydrogens (primary N) is 1. The fourth-order valence-electron chi connectivity index (χ4n) is 1.74. The summed E-state index contributed by atoms with van der Waals surface area (Å²) in [6.45, 7) is 4.13. The van der Waals surface area contributed by atoms with E-state index in [1.165, 1.54) is 11.1 Å². The number of benzene rings is 1. The third kappa shape index (κ3) is 3.21. The van der Waals surface area contributed by atoms with Gasteiger partial charge in [0.1, 0.15) is 5.75 Å². The van der Waals surface area contributed by atoms with Crippen molar-refractivity contribution < 1.29 is 4.74 Å². The second kappa shape index (κ2) is 5.52. The van der Waals surface area contributed by atoms with E-state index in [9.17, 15) is 0 Å². The molecule has 1 atom stereocenters. The first kappa shape index (κ1) is 12.5. The predicted molar refractivity (Wildman–Crippen MR) is 67.4 cm³/mol. The van der Waals surface area contributed by atoms with Crippen molar-refractivity contribution >= 4 is 15.9 Å². The highest BCUT2D eigenvalue weighted by Crippen LogP contribution is 2.29. The molecule has 1 unspecified atom stereocenters. The molecule has 0 amide bonds. The number of hydrogen-bond acceptors (Lipinski definition) is 2. The molecule has 0 aliphatic heterocycles. The number of methoxy groups -OCH3 is 1. The second-order valence-electron chi connectivity index (χ2n) is 3.79. The average Bonchev–Trinajstić information content (AvgIpc) is 2.15. The minimum Gasteiger partial charge on any atom is -0.496 e. The zero-order valence-electron chi connectivity index (χ0n) is 9.51. The van der Waals surface area contributed by atoms with Gasteiger partial charge in [-0.3, -0.25) is 0 Å². The van der Waals surface area contributed by atoms with Crippen LogP contribution in [0.5, 0.6) is 5.75 Å². The average molecular weight is 272 g/mol. The highest BCUT2D eigenvalue weighted by molar-refractivity contribution is 9.10. The van der Waals surface area contributed by atoms with Crippen molar-refractivity contribution in [3.8, 4) is 5.75 Å². The largest absolute Gasteiger partial charge is 0.496 e. The molecular weight excluding hydrogens is 254 g/mol. The van der Waals surface area contributed by atoms with Crippen molar-refractivity contribution in [2.75, 3.05) is 7.11 Å². The van der Waals surface area contributed by atoms with Gasteiger partial charge in [0, 0.05) is 10.5 Å². The Morgan fingerprint density at radius 1 is 1.40 bits per heavy atom. The molecule has 2 nitrogen and oxygen atoms in total. The highest BCUT2D eigenvalue weighted by atomic mass is 79.9. The Bertz CT molecular complexity index is 337. The molecule has 0 heterocycles. The van der Waals surface area contributed by atoms with Gasteiger partial charge in [0.2, 0.25) is 0 Å². The van der Waals surface area contributed by atoms with Crippen LogP contribution < -0.4 is 10.5 Å². The number of rotatable bonds is 4. The second-order valence-corrected chi connectivity index (χ2v) is 4.71. The zero-order chi connectivity index (χ0) is 11.4. The molecule has 0 bridgehead atoms. The van der Waals surface area contributed by atoms with Gasteiger partial charge in [0.05, 0.1) is 7.11 Å². The van der Waals surface area contributed by atoms with Crippen LogP contribution in [0.1, 0.15) is 25.0 Å². The Labute approximate surface area is 99.9 Å². The standard InChI is InChI=1S/C12H18BrNO/c1-4-9-6-11(13)7-10(5-8(2)14)12(9)15-3/h6-8H,4-5,14H2,1-3H3. The van der Waals surface area contributed by atoms with Gasteiger partial charge in [0.25, 0.3) is 0 Å². The molecule has 0 saturated carbocycles. The van der Waals surface area contributed by atoms with Crippen LogP contribution in [0.2, 0.25) is 0 Å². The van der Waals surface area contributed by atoms with Gasteiger partial charge < -0.3 is 10.5 Å². The normalized spacial score (nSPS) is 12.6. The van der Waals surface area contributed by atoms with E-state index in [-0.39, 0.29) is 6.04 Å². The maximum Gasteiger partial charge on any atom is 0.125 e. The number of aryl methyl sites for hydroxylation is 1. The van der Waals surface area contributed by atoms with Crippen LogP contribution in [-0.4, -0.2) is 13.2 Å². The van der Waals surface area contributed by atoms with E-state index < -0.39 is 0 Å². The van der Waals surface area contributed by atoms with E-state index in [4.69, 9.17) is 10.5 Å². The van der Waals surface area contributed by atoms with Gasteiger partial charge in [0.15, 0.2) is 0 Å². The lowest BCUT2D eigenvalue weighted by Gasteiger charge is -2.15. The molecule has 84 valence electrons. The van der Waals surface area contributed by atoms with Crippen LogP contribution in [0, 0.1) is 0 Å². The summed E-state index contributed by atoms with van der Waals surface area (Å²) >= 11 is 3.51. The van der Waals surface area contributed by atoms with Crippen molar-refractivity contribution in [1.29, 1.82) is 0 Å². The molecule has 0 aliphatic carbocycles. The van der Waals surface area contributed by atoms with Crippen molar-refractivity contribution in [2.24, 2.45) is 5.73 Å². The quantitative estimate of drug-likeness (QED) is 0.914. The molecule has 1 rings (SSSR count). The fraction of sp³-hybridized carbons (Fsp3) is 0.500. The molecule has 3 heteroatoms. The van der Waals surface area contributed by atoms with Gasteiger partial charge in [-0.2, -0.15) is 0 Å². The molecule has 0 fully saturated rings. The lowest BCUT2D eigenvalue weighted by atomic mass is 10.0. The Hall–Kier alpha value is -0.540. The Morgan fingerprint density at radius 3 is 2.47 bits per heavy atom. The van der Waals surface area contributed by atoms with Crippen molar-refractivity contribution in [1.82, 2.24) is 0 Å². The topological polar surface area (TPSA) is 35.2 Å². The van der Waals surface area contributed by atoms with E-state index in [1.807, 2.05) is 6.92 Å². The first-order valence-electron chi connectivity index (χ1n) is 5.19. The molecule has 1 aromatic carbocycles. The van der Waals surface area contributed by atoms with Crippen molar-refractivity contribution in [2.45, 2.75) is 32.7 Å². The fourth-order valence-corrected chi connectivity index (χ4v) is 2.29. The molecule has 0 saturated heterocycles. The Morgan fingerprint density at radius 2 is 2.00 bits per heavy atom. The highest BCUT2D eigenvalue weighted by Gasteiger charge is 2.11. The lowest BCUT2D eigenvalue weighted by Crippen LogP contribution is -2.18. The van der Waals surface area contributed by atoms with Crippen LogP contribution in [0.25, 0.3) is 0 Å². The summed E-state index contributed by atoms with van der Waals surface area (Å²) in [5.41, 5.74) is 8.22. The molecule has 1 aromatic rings. The van der Waals surface area contributed by atoms with Crippen LogP contribution in [0.15, 0.2) is 16.6 Å². The molecular formula is C12H18BrNO. The Balaban J connectivity index is 3.16. The maximum absolute atomic E-state index is 5.82. The molecule has 0 aliphatic rings. The summed E-state index contributed by atoms with van der Waals surface area (Å²) in [4.78, 5) is 0. The monoisotopic (exact) mass is 271 g/mol. The van der Waals surface area contributed by atoms with Crippen molar-refractivity contribution in [3.05, 3.63) is 27.7 Å². The molecule has 15 heavy (non-hydrogen) atoms. The molecule has 2 N–H and O–H groups in total. The Kier molecular flexibility index (Phi) is 4.61. The van der Waals surface area contributed by atoms with Gasteiger partial charge in [-0.25, -0.2) is 0 Å². The summed E-state index contributed by atoms with van der Waals surface area (Å²) in [5.74, 6) is 0.984. The first-order valence-corrected chi connectivity index (χ1v) is 5.98. The SMILES string of the molecule is CCc1cc(Br)cc(CC(C)N)c1OC. The lowest BCUT2D eigenvalue weighted by molar-refractivity contribution is 0.403. The summed E-state index contributed by atoms with van der Waals surface area (Å²) in [6.07, 6.45) is 1.81. The van der Waals surface area contributed by atoms with Crippen LogP contribution >= 0.6 is 15.9 Å². The van der Waals surface area contributed by atoms with E-state index in [2.05, 4.69) is 35.0 Å². The molecule has 0 aromatic heterocycles. The smallest absolute Gasteiger partial charge is 0.125 e. The van der Waals surface area contributed by atoms with Gasteiger partial charge in [-0.15, -0.1) is 0 Å². The van der Waals surface area contributed by atoms with E-state index in [0.29, 0.717) is 0 Å². The third-order valence-corrected chi connectivity index (χ3v) is 2.79. The van der Waals surface area contributed by atoms with Crippen LogP contribution in [0.4, 0.5) is 0 Å². The predicted octanol–water partition coefficient (Wildman–Crippen LogP) is 2.91. The van der Waals surface area contributed by atoms with Crippen LogP contribution in [0.3, 0.4) is 0 Å². The number of hydrogen-bond donors (Lipinski definition) is 1. The summed E-state index contributed by atoms with van der Waals surface area (Å²) < 4.78 is 6.54. The zero-order valence-corrected chi connectivity index (χ0v) is 11.1. The van der Waals surface area contributed by atoms with Crippen molar-refractivity contribution in [3.63, 3.8) is 0 Å². The third-order valence-electron chi connectivity index (χ3n) is 2.33. The minimum atomic E-state index is 0.151. The van der Waals surface area contributed by atoms with E-state index in [1.54, 1.807) is 7.11 Å². The van der Waals surface area contributed by atoms with E-state index in [0.717, 1.165) is 23.1 Å². The number of halogens is 1.